The van der Waals surface area contributed by atoms with Gasteiger partial charge in [0.1, 0.15) is 0 Å². The van der Waals surface area contributed by atoms with Crippen LogP contribution in [0.2, 0.25) is 0 Å². The van der Waals surface area contributed by atoms with Crippen LogP contribution in [0.25, 0.3) is 0 Å². The highest BCUT2D eigenvalue weighted by Gasteiger charge is 2.15. The second kappa shape index (κ2) is 6.64. The fourth-order valence-electron chi connectivity index (χ4n) is 2.39. The summed E-state index contributed by atoms with van der Waals surface area (Å²) >= 11 is 5.32. The van der Waals surface area contributed by atoms with Gasteiger partial charge in [-0.2, -0.15) is 0 Å². The summed E-state index contributed by atoms with van der Waals surface area (Å²) in [6.45, 7) is 11.2. The quantitative estimate of drug-likeness (QED) is 0.677. The number of nitrogens with one attached hydrogen (secondary N) is 1. The van der Waals surface area contributed by atoms with E-state index in [-0.39, 0.29) is 5.41 Å². The van der Waals surface area contributed by atoms with E-state index in [0.29, 0.717) is 12.1 Å². The summed E-state index contributed by atoms with van der Waals surface area (Å²) in [5, 5.41) is 3.67. The van der Waals surface area contributed by atoms with Gasteiger partial charge in [-0.15, -0.1) is 11.3 Å². The molecule has 2 unspecified atom stereocenters. The van der Waals surface area contributed by atoms with E-state index in [0.717, 1.165) is 0 Å². The zero-order chi connectivity index (χ0) is 15.6. The molecule has 1 N–H and O–H groups in total. The Morgan fingerprint density at radius 1 is 0.952 bits per heavy atom. The summed E-state index contributed by atoms with van der Waals surface area (Å²) in [6.07, 6.45) is 0. The van der Waals surface area contributed by atoms with Crippen molar-refractivity contribution in [1.29, 1.82) is 0 Å². The third-order valence-electron chi connectivity index (χ3n) is 3.80. The fourth-order valence-corrected chi connectivity index (χ4v) is 3.82. The molecule has 1 nitrogen and oxygen atoms in total. The Balaban J connectivity index is 2.04. The number of hydrogen-bond acceptors (Lipinski definition) is 2. The molecule has 0 saturated carbocycles. The van der Waals surface area contributed by atoms with Crippen LogP contribution in [0.4, 0.5) is 0 Å². The molecule has 0 aliphatic heterocycles. The minimum Gasteiger partial charge on any atom is -0.303 e. The molecular weight excluding hydrogens is 342 g/mol. The molecule has 0 aliphatic rings. The number of thiophene rings is 1. The van der Waals surface area contributed by atoms with Crippen LogP contribution in [-0.4, -0.2) is 0 Å². The highest BCUT2D eigenvalue weighted by atomic mass is 79.9. The maximum Gasteiger partial charge on any atom is 0.0701 e. The van der Waals surface area contributed by atoms with Crippen LogP contribution < -0.4 is 5.32 Å². The topological polar surface area (TPSA) is 12.0 Å². The van der Waals surface area contributed by atoms with E-state index in [2.05, 4.69) is 92.3 Å². The summed E-state index contributed by atoms with van der Waals surface area (Å²) in [6, 6.07) is 14.0. The zero-order valence-electron chi connectivity index (χ0n) is 13.4. The van der Waals surface area contributed by atoms with E-state index in [1.165, 1.54) is 19.8 Å². The molecule has 0 bridgehead atoms. The molecule has 2 rings (SSSR count). The molecule has 0 aliphatic carbocycles. The van der Waals surface area contributed by atoms with Gasteiger partial charge >= 0.3 is 0 Å². The van der Waals surface area contributed by atoms with Gasteiger partial charge in [0, 0.05) is 17.0 Å². The van der Waals surface area contributed by atoms with Gasteiger partial charge in [-0.1, -0.05) is 45.0 Å². The highest BCUT2D eigenvalue weighted by molar-refractivity contribution is 9.11. The molecule has 0 saturated heterocycles. The molecule has 1 heterocycles. The van der Waals surface area contributed by atoms with Gasteiger partial charge in [0.25, 0.3) is 0 Å². The van der Waals surface area contributed by atoms with Gasteiger partial charge < -0.3 is 5.32 Å². The molecule has 0 amide bonds. The SMILES string of the molecule is CC(NC(C)c1ccc(Br)s1)c1ccc(C(C)(C)C)cc1. The average Bonchev–Trinajstić information content (AvgIpc) is 2.84. The van der Waals surface area contributed by atoms with Gasteiger partial charge in [0.15, 0.2) is 0 Å². The lowest BCUT2D eigenvalue weighted by Gasteiger charge is -2.22. The second-order valence-electron chi connectivity index (χ2n) is 6.62. The summed E-state index contributed by atoms with van der Waals surface area (Å²) in [7, 11) is 0. The van der Waals surface area contributed by atoms with E-state index in [1.807, 2.05) is 0 Å². The second-order valence-corrected chi connectivity index (χ2v) is 9.12. The van der Waals surface area contributed by atoms with Crippen molar-refractivity contribution < 1.29 is 0 Å². The number of benzene rings is 1. The summed E-state index contributed by atoms with van der Waals surface area (Å²) in [5.41, 5.74) is 2.94. The van der Waals surface area contributed by atoms with E-state index < -0.39 is 0 Å². The van der Waals surface area contributed by atoms with Crippen molar-refractivity contribution in [2.45, 2.75) is 52.1 Å². The van der Waals surface area contributed by atoms with E-state index in [9.17, 15) is 0 Å². The number of rotatable bonds is 4. The first-order valence-electron chi connectivity index (χ1n) is 7.39. The molecule has 0 radical (unpaired) electrons. The maximum atomic E-state index is 3.67. The third-order valence-corrected chi connectivity index (χ3v) is 5.60. The normalized spacial score (nSPS) is 15.0. The zero-order valence-corrected chi connectivity index (χ0v) is 15.8. The van der Waals surface area contributed by atoms with Crippen molar-refractivity contribution >= 4 is 27.3 Å². The Hall–Kier alpha value is -0.640. The first-order chi connectivity index (χ1) is 9.77. The van der Waals surface area contributed by atoms with Gasteiger partial charge in [0.2, 0.25) is 0 Å². The molecular formula is C18H24BrNS. The molecule has 0 spiro atoms. The maximum absolute atomic E-state index is 3.67. The van der Waals surface area contributed by atoms with E-state index in [4.69, 9.17) is 0 Å². The van der Waals surface area contributed by atoms with Crippen molar-refractivity contribution in [3.63, 3.8) is 0 Å². The largest absolute Gasteiger partial charge is 0.303 e. The predicted molar refractivity (Wildman–Crippen MR) is 97.1 cm³/mol. The molecule has 2 aromatic rings. The van der Waals surface area contributed by atoms with Crippen LogP contribution in [0.15, 0.2) is 40.2 Å². The molecule has 114 valence electrons. The Morgan fingerprint density at radius 3 is 2.05 bits per heavy atom. The van der Waals surface area contributed by atoms with Crippen LogP contribution in [0.5, 0.6) is 0 Å². The minimum atomic E-state index is 0.214. The lowest BCUT2D eigenvalue weighted by Crippen LogP contribution is -2.22. The van der Waals surface area contributed by atoms with Crippen LogP contribution in [0.1, 0.15) is 62.7 Å². The molecule has 3 heteroatoms. The van der Waals surface area contributed by atoms with Crippen molar-refractivity contribution in [3.05, 3.63) is 56.2 Å². The van der Waals surface area contributed by atoms with Crippen molar-refractivity contribution in [2.24, 2.45) is 0 Å². The van der Waals surface area contributed by atoms with E-state index in [1.54, 1.807) is 11.3 Å². The molecule has 0 fully saturated rings. The Morgan fingerprint density at radius 2 is 1.57 bits per heavy atom. The standard InChI is InChI=1S/C18H24BrNS/c1-12(20-13(2)16-10-11-17(19)21-16)14-6-8-15(9-7-14)18(3,4)5/h6-13,20H,1-5H3. The number of hydrogen-bond donors (Lipinski definition) is 1. The van der Waals surface area contributed by atoms with Gasteiger partial charge in [-0.05, 0) is 58.5 Å². The van der Waals surface area contributed by atoms with Crippen LogP contribution >= 0.6 is 27.3 Å². The van der Waals surface area contributed by atoms with Crippen molar-refractivity contribution in [3.8, 4) is 0 Å². The predicted octanol–water partition coefficient (Wildman–Crippen LogP) is 6.22. The molecule has 1 aromatic heterocycles. The third kappa shape index (κ3) is 4.41. The molecule has 2 atom stereocenters. The minimum absolute atomic E-state index is 0.214. The summed E-state index contributed by atoms with van der Waals surface area (Å²) in [5.74, 6) is 0. The first kappa shape index (κ1) is 16.7. The lowest BCUT2D eigenvalue weighted by atomic mass is 9.86. The first-order valence-corrected chi connectivity index (χ1v) is 9.00. The Kier molecular flexibility index (Phi) is 5.29. The van der Waals surface area contributed by atoms with Crippen LogP contribution in [-0.2, 0) is 5.41 Å². The Bertz CT molecular complexity index is 580. The smallest absolute Gasteiger partial charge is 0.0701 e. The average molecular weight is 366 g/mol. The fraction of sp³-hybridized carbons (Fsp3) is 0.444. The van der Waals surface area contributed by atoms with Gasteiger partial charge in [0.05, 0.1) is 3.79 Å². The Labute approximate surface area is 140 Å². The van der Waals surface area contributed by atoms with Gasteiger partial charge in [-0.3, -0.25) is 0 Å². The van der Waals surface area contributed by atoms with Crippen LogP contribution in [0, 0.1) is 0 Å². The van der Waals surface area contributed by atoms with Crippen LogP contribution in [0.3, 0.4) is 0 Å². The van der Waals surface area contributed by atoms with Crippen molar-refractivity contribution in [1.82, 2.24) is 5.32 Å². The monoisotopic (exact) mass is 365 g/mol. The van der Waals surface area contributed by atoms with Gasteiger partial charge in [-0.25, -0.2) is 0 Å². The summed E-state index contributed by atoms with van der Waals surface area (Å²) < 4.78 is 1.19. The summed E-state index contributed by atoms with van der Waals surface area (Å²) in [4.78, 5) is 1.36. The van der Waals surface area contributed by atoms with Crippen molar-refractivity contribution in [2.75, 3.05) is 0 Å². The molecule has 21 heavy (non-hydrogen) atoms. The lowest BCUT2D eigenvalue weighted by molar-refractivity contribution is 0.499. The number of halogens is 1. The highest BCUT2D eigenvalue weighted by Crippen LogP contribution is 2.29. The van der Waals surface area contributed by atoms with E-state index >= 15 is 0 Å². The molecule has 1 aromatic carbocycles.